The van der Waals surface area contributed by atoms with Crippen LogP contribution in [0, 0.1) is 5.82 Å². The minimum Gasteiger partial charge on any atom is -0.496 e. The van der Waals surface area contributed by atoms with Gasteiger partial charge in [-0.2, -0.15) is 0 Å². The predicted molar refractivity (Wildman–Crippen MR) is 136 cm³/mol. The number of imide groups is 1. The van der Waals surface area contributed by atoms with E-state index in [1.54, 1.807) is 49.5 Å². The normalized spacial score (nSPS) is 14.9. The molecule has 0 bridgehead atoms. The summed E-state index contributed by atoms with van der Waals surface area (Å²) >= 11 is 0. The van der Waals surface area contributed by atoms with Crippen molar-refractivity contribution < 1.29 is 28.2 Å². The maximum absolute atomic E-state index is 13.4. The molecule has 0 aromatic heterocycles. The number of urea groups is 1. The number of amides is 4. The first-order valence-electron chi connectivity index (χ1n) is 11.9. The van der Waals surface area contributed by atoms with Crippen molar-refractivity contribution in [3.8, 4) is 17.2 Å². The number of rotatable bonds is 9. The average Bonchev–Trinajstić information content (AvgIpc) is 3.18. The van der Waals surface area contributed by atoms with Crippen LogP contribution in [0.1, 0.15) is 35.7 Å². The lowest BCUT2D eigenvalue weighted by atomic mass is 10.1. The van der Waals surface area contributed by atoms with Crippen molar-refractivity contribution >= 4 is 23.5 Å². The summed E-state index contributed by atoms with van der Waals surface area (Å²) in [5.74, 6) is 0.474. The minimum absolute atomic E-state index is 0.279. The molecule has 37 heavy (non-hydrogen) atoms. The molecule has 0 saturated carbocycles. The van der Waals surface area contributed by atoms with E-state index in [-0.39, 0.29) is 23.2 Å². The van der Waals surface area contributed by atoms with E-state index in [9.17, 15) is 18.8 Å². The second-order valence-electron chi connectivity index (χ2n) is 8.71. The molecule has 0 spiro atoms. The zero-order chi connectivity index (χ0) is 26.5. The molecule has 3 aromatic carbocycles. The molecule has 1 saturated heterocycles. The molecule has 9 heteroatoms. The molecule has 3 aromatic rings. The van der Waals surface area contributed by atoms with Gasteiger partial charge in [0.05, 0.1) is 12.7 Å². The van der Waals surface area contributed by atoms with Crippen molar-refractivity contribution in [2.45, 2.75) is 32.4 Å². The number of carbonyl (C=O) groups excluding carboxylic acids is 3. The van der Waals surface area contributed by atoms with Crippen LogP contribution in [0.4, 0.5) is 14.9 Å². The van der Waals surface area contributed by atoms with Crippen molar-refractivity contribution in [1.29, 1.82) is 0 Å². The van der Waals surface area contributed by atoms with Gasteiger partial charge < -0.3 is 14.4 Å². The van der Waals surface area contributed by atoms with Crippen LogP contribution in [0.5, 0.6) is 17.2 Å². The third-order valence-corrected chi connectivity index (χ3v) is 6.06. The Labute approximate surface area is 214 Å². The van der Waals surface area contributed by atoms with E-state index in [1.165, 1.54) is 29.0 Å². The van der Waals surface area contributed by atoms with Crippen molar-refractivity contribution in [1.82, 2.24) is 10.2 Å². The summed E-state index contributed by atoms with van der Waals surface area (Å²) in [6.07, 6.45) is 1.23. The molecule has 0 radical (unpaired) electrons. The molecule has 8 nitrogen and oxygen atoms in total. The largest absolute Gasteiger partial charge is 0.496 e. The van der Waals surface area contributed by atoms with Crippen molar-refractivity contribution in [2.24, 2.45) is 0 Å². The van der Waals surface area contributed by atoms with Gasteiger partial charge in [-0.25, -0.2) is 9.18 Å². The van der Waals surface area contributed by atoms with E-state index in [1.807, 2.05) is 19.1 Å². The fraction of sp³-hybridized carbons (Fsp3) is 0.250. The lowest BCUT2D eigenvalue weighted by Crippen LogP contribution is -2.35. The van der Waals surface area contributed by atoms with E-state index in [0.29, 0.717) is 35.9 Å². The molecule has 192 valence electrons. The summed E-state index contributed by atoms with van der Waals surface area (Å²) in [6.45, 7) is 2.25. The molecular weight excluding hydrogens is 477 g/mol. The maximum Gasteiger partial charge on any atom is 0.329 e. The van der Waals surface area contributed by atoms with Crippen LogP contribution in [0.3, 0.4) is 0 Å². The number of halogens is 1. The minimum atomic E-state index is -0.623. The Balaban J connectivity index is 1.50. The summed E-state index contributed by atoms with van der Waals surface area (Å²) in [5.41, 5.74) is 1.59. The molecule has 4 amide bonds. The van der Waals surface area contributed by atoms with Crippen LogP contribution in [0.15, 0.2) is 66.7 Å². The third kappa shape index (κ3) is 5.72. The SMILES string of the molecule is CCC[C@@H]1C(=O)NC(=O)N1c1ccc(OC)c(C(=O)N(C)Cc2ccc(Oc3ccc(F)cc3)cc2)c1. The highest BCUT2D eigenvalue weighted by molar-refractivity contribution is 6.14. The summed E-state index contributed by atoms with van der Waals surface area (Å²) in [5, 5.41) is 2.35. The lowest BCUT2D eigenvalue weighted by Gasteiger charge is -2.24. The van der Waals surface area contributed by atoms with E-state index in [0.717, 1.165) is 12.0 Å². The number of hydrogen-bond donors (Lipinski definition) is 1. The smallest absolute Gasteiger partial charge is 0.329 e. The van der Waals surface area contributed by atoms with Gasteiger partial charge in [0, 0.05) is 19.3 Å². The molecule has 1 aliphatic rings. The molecule has 1 atom stereocenters. The van der Waals surface area contributed by atoms with E-state index in [2.05, 4.69) is 5.32 Å². The quantitative estimate of drug-likeness (QED) is 0.408. The predicted octanol–water partition coefficient (Wildman–Crippen LogP) is 5.12. The van der Waals surface area contributed by atoms with Crippen LogP contribution >= 0.6 is 0 Å². The molecular formula is C28H28FN3O5. The average molecular weight is 506 g/mol. The molecule has 1 fully saturated rings. The van der Waals surface area contributed by atoms with Gasteiger partial charge in [0.15, 0.2) is 0 Å². The molecule has 4 rings (SSSR count). The zero-order valence-corrected chi connectivity index (χ0v) is 20.9. The Morgan fingerprint density at radius 3 is 2.30 bits per heavy atom. The maximum atomic E-state index is 13.4. The second kappa shape index (κ2) is 11.1. The van der Waals surface area contributed by atoms with Crippen molar-refractivity contribution in [3.05, 3.63) is 83.7 Å². The summed E-state index contributed by atoms with van der Waals surface area (Å²) in [4.78, 5) is 41.1. The summed E-state index contributed by atoms with van der Waals surface area (Å²) in [6, 6.07) is 16.7. The molecule has 1 heterocycles. The fourth-order valence-corrected chi connectivity index (χ4v) is 4.20. The van der Waals surface area contributed by atoms with Crippen LogP contribution in [-0.2, 0) is 11.3 Å². The van der Waals surface area contributed by atoms with Crippen LogP contribution in [-0.4, -0.2) is 42.9 Å². The van der Waals surface area contributed by atoms with E-state index in [4.69, 9.17) is 9.47 Å². The summed E-state index contributed by atoms with van der Waals surface area (Å²) < 4.78 is 24.2. The second-order valence-corrected chi connectivity index (χ2v) is 8.71. The number of hydrogen-bond acceptors (Lipinski definition) is 5. The van der Waals surface area contributed by atoms with Crippen LogP contribution in [0.2, 0.25) is 0 Å². The van der Waals surface area contributed by atoms with Gasteiger partial charge in [-0.15, -0.1) is 0 Å². The zero-order valence-electron chi connectivity index (χ0n) is 20.9. The van der Waals surface area contributed by atoms with Crippen LogP contribution in [0.25, 0.3) is 0 Å². The number of benzene rings is 3. The Hall–Kier alpha value is -4.40. The van der Waals surface area contributed by atoms with Crippen LogP contribution < -0.4 is 19.7 Å². The lowest BCUT2D eigenvalue weighted by molar-refractivity contribution is -0.120. The molecule has 0 aliphatic carbocycles. The highest BCUT2D eigenvalue weighted by Gasteiger charge is 2.39. The van der Waals surface area contributed by atoms with E-state index < -0.39 is 12.1 Å². The van der Waals surface area contributed by atoms with Crippen molar-refractivity contribution in [3.63, 3.8) is 0 Å². The number of nitrogens with one attached hydrogen (secondary N) is 1. The van der Waals surface area contributed by atoms with Gasteiger partial charge in [0.2, 0.25) is 0 Å². The van der Waals surface area contributed by atoms with Gasteiger partial charge in [0.25, 0.3) is 11.8 Å². The Morgan fingerprint density at radius 1 is 1.03 bits per heavy atom. The Bertz CT molecular complexity index is 1290. The first-order valence-corrected chi connectivity index (χ1v) is 11.9. The Morgan fingerprint density at radius 2 is 1.68 bits per heavy atom. The highest BCUT2D eigenvalue weighted by Crippen LogP contribution is 2.30. The molecule has 1 N–H and O–H groups in total. The first-order chi connectivity index (χ1) is 17.8. The van der Waals surface area contributed by atoms with Crippen molar-refractivity contribution in [2.75, 3.05) is 19.1 Å². The van der Waals surface area contributed by atoms with Gasteiger partial charge >= 0.3 is 6.03 Å². The van der Waals surface area contributed by atoms with Gasteiger partial charge in [-0.3, -0.25) is 19.8 Å². The monoisotopic (exact) mass is 505 g/mol. The standard InChI is InChI=1S/C28H28FN3O5/c1-4-5-24-26(33)30-28(35)32(24)20-10-15-25(36-3)23(16-20)27(34)31(2)17-18-6-11-21(12-7-18)37-22-13-8-19(29)9-14-22/h6-16,24H,4-5,17H2,1-3H3,(H,30,33,35)/t24-/m1/s1. The first kappa shape index (κ1) is 25.7. The molecule has 1 aliphatic heterocycles. The fourth-order valence-electron chi connectivity index (χ4n) is 4.20. The van der Waals surface area contributed by atoms with E-state index >= 15 is 0 Å². The number of carbonyl (C=O) groups is 3. The third-order valence-electron chi connectivity index (χ3n) is 6.06. The van der Waals surface area contributed by atoms with Gasteiger partial charge in [0.1, 0.15) is 29.1 Å². The number of methoxy groups -OCH3 is 1. The van der Waals surface area contributed by atoms with Gasteiger partial charge in [-0.05, 0) is 66.6 Å². The number of nitrogens with zero attached hydrogens (tertiary/aromatic N) is 2. The highest BCUT2D eigenvalue weighted by atomic mass is 19.1. The molecule has 0 unspecified atom stereocenters. The van der Waals surface area contributed by atoms with Gasteiger partial charge in [-0.1, -0.05) is 25.5 Å². The number of ether oxygens (including phenoxy) is 2. The number of anilines is 1. The Kier molecular flexibility index (Phi) is 7.71. The topological polar surface area (TPSA) is 88.2 Å². The summed E-state index contributed by atoms with van der Waals surface area (Å²) in [7, 11) is 3.14.